The summed E-state index contributed by atoms with van der Waals surface area (Å²) in [5, 5.41) is 0. The molecule has 0 heterocycles. The Kier molecular flexibility index (Phi) is 11.1. The molecule has 5 nitrogen and oxygen atoms in total. The molecular weight excluding hydrogens is 245 g/mol. The van der Waals surface area contributed by atoms with Crippen LogP contribution < -0.4 is 51.4 Å². The minimum absolute atomic E-state index is 0. The third kappa shape index (κ3) is 11.3. The molecule has 0 bridgehead atoms. The molecule has 84 valence electrons. The van der Waals surface area contributed by atoms with Crippen LogP contribution in [0.4, 0.5) is 0 Å². The molecule has 0 rings (SSSR count). The summed E-state index contributed by atoms with van der Waals surface area (Å²) in [5.74, 6) is -0.628. The van der Waals surface area contributed by atoms with Crippen LogP contribution in [0.15, 0.2) is 0 Å². The van der Waals surface area contributed by atoms with Crippen molar-refractivity contribution < 1.29 is 69.1 Å². The Labute approximate surface area is 134 Å². The summed E-state index contributed by atoms with van der Waals surface area (Å²) in [4.78, 5) is 12.5. The number of carbonyl (C=O) groups is 1. The number of hydrogen-bond acceptors (Lipinski definition) is 4. The average Bonchev–Trinajstić information content (AvgIpc) is 2.09. The van der Waals surface area contributed by atoms with Gasteiger partial charge in [0.25, 0.3) is 0 Å². The number of amides is 1. The van der Waals surface area contributed by atoms with Crippen molar-refractivity contribution in [2.24, 2.45) is 0 Å². The molecule has 0 N–H and O–H groups in total. The second kappa shape index (κ2) is 9.09. The van der Waals surface area contributed by atoms with Crippen LogP contribution in [0.5, 0.6) is 0 Å². The molecule has 0 aromatic heterocycles. The molecule has 0 fully saturated rings. The van der Waals surface area contributed by atoms with Crippen molar-refractivity contribution in [3.63, 3.8) is 0 Å². The van der Waals surface area contributed by atoms with Gasteiger partial charge >= 0.3 is 51.4 Å². The Morgan fingerprint density at radius 2 is 1.93 bits per heavy atom. The van der Waals surface area contributed by atoms with Crippen LogP contribution in [0.2, 0.25) is 0 Å². The summed E-state index contributed by atoms with van der Waals surface area (Å²) in [6.07, 6.45) is 2.11. The monoisotopic (exact) mass is 261 g/mol. The van der Waals surface area contributed by atoms with E-state index in [1.807, 2.05) is 6.92 Å². The van der Waals surface area contributed by atoms with E-state index < -0.39 is 15.9 Å². The predicted octanol–water partition coefficient (Wildman–Crippen LogP) is -2.82. The maximum Gasteiger partial charge on any atom is 1.00 e. The van der Waals surface area contributed by atoms with E-state index in [1.165, 1.54) is 11.9 Å². The topological polar surface area (TPSA) is 77.5 Å². The second-order valence-corrected chi connectivity index (χ2v) is 4.70. The Morgan fingerprint density at radius 3 is 2.33 bits per heavy atom. The van der Waals surface area contributed by atoms with Crippen LogP contribution in [0.1, 0.15) is 26.2 Å². The van der Waals surface area contributed by atoms with Crippen molar-refractivity contribution in [3.8, 4) is 0 Å². The maximum atomic E-state index is 11.2. The molecule has 0 atom stereocenters. The van der Waals surface area contributed by atoms with Gasteiger partial charge < -0.3 is 9.45 Å². The van der Waals surface area contributed by atoms with Crippen molar-refractivity contribution in [2.75, 3.05) is 19.3 Å². The fourth-order valence-electron chi connectivity index (χ4n) is 0.892. The van der Waals surface area contributed by atoms with Crippen LogP contribution in [0, 0.1) is 0 Å². The zero-order valence-corrected chi connectivity index (χ0v) is 13.5. The summed E-state index contributed by atoms with van der Waals surface area (Å²) >= 11 is 0. The van der Waals surface area contributed by atoms with Crippen molar-refractivity contribution in [1.82, 2.24) is 4.90 Å². The molecule has 0 saturated heterocycles. The first kappa shape index (κ1) is 18.4. The first-order chi connectivity index (χ1) is 6.37. The second-order valence-electron chi connectivity index (χ2n) is 3.18. The number of nitrogens with zero attached hydrogens (tertiary/aromatic N) is 1. The summed E-state index contributed by atoms with van der Waals surface area (Å²) in [7, 11) is -2.71. The zero-order valence-electron chi connectivity index (χ0n) is 9.52. The van der Waals surface area contributed by atoms with Gasteiger partial charge in [0.2, 0.25) is 5.91 Å². The average molecular weight is 261 g/mol. The standard InChI is InChI=1S/C8H17NO4S.K/c1-3-4-5-8(10)9(2)6-7-14(11,12)13;/h3-7H2,1-2H3,(H,11,12,13);/q;+1/p-1. The molecule has 0 aliphatic heterocycles. The van der Waals surface area contributed by atoms with Crippen LogP contribution in [-0.4, -0.2) is 43.1 Å². The first-order valence-corrected chi connectivity index (χ1v) is 6.12. The van der Waals surface area contributed by atoms with Crippen molar-refractivity contribution in [2.45, 2.75) is 26.2 Å². The van der Waals surface area contributed by atoms with E-state index in [9.17, 15) is 17.8 Å². The summed E-state index contributed by atoms with van der Waals surface area (Å²) in [5.41, 5.74) is 0. The normalized spacial score (nSPS) is 10.6. The molecular formula is C8H16KNO4S. The minimum Gasteiger partial charge on any atom is -0.748 e. The number of hydrogen-bond donors (Lipinski definition) is 0. The van der Waals surface area contributed by atoms with Gasteiger partial charge in [0, 0.05) is 20.0 Å². The van der Waals surface area contributed by atoms with Crippen molar-refractivity contribution in [1.29, 1.82) is 0 Å². The Hall–Kier alpha value is 1.02. The predicted molar refractivity (Wildman–Crippen MR) is 51.7 cm³/mol. The first-order valence-electron chi connectivity index (χ1n) is 4.54. The zero-order chi connectivity index (χ0) is 11.2. The number of unbranched alkanes of at least 4 members (excludes halogenated alkanes) is 1. The van der Waals surface area contributed by atoms with Gasteiger partial charge in [-0.05, 0) is 6.42 Å². The summed E-state index contributed by atoms with van der Waals surface area (Å²) < 4.78 is 30.8. The third-order valence-electron chi connectivity index (χ3n) is 1.85. The molecule has 0 unspecified atom stereocenters. The fraction of sp³-hybridized carbons (Fsp3) is 0.875. The van der Waals surface area contributed by atoms with Gasteiger partial charge in [-0.1, -0.05) is 13.3 Å². The van der Waals surface area contributed by atoms with E-state index >= 15 is 0 Å². The van der Waals surface area contributed by atoms with Crippen LogP contribution in [0.25, 0.3) is 0 Å². The Morgan fingerprint density at radius 1 is 1.40 bits per heavy atom. The quantitative estimate of drug-likeness (QED) is 0.382. The minimum atomic E-state index is -4.22. The van der Waals surface area contributed by atoms with Crippen LogP contribution in [0.3, 0.4) is 0 Å². The van der Waals surface area contributed by atoms with E-state index in [4.69, 9.17) is 0 Å². The molecule has 7 heteroatoms. The largest absolute Gasteiger partial charge is 1.00 e. The molecule has 0 radical (unpaired) electrons. The molecule has 0 saturated carbocycles. The van der Waals surface area contributed by atoms with Crippen molar-refractivity contribution >= 4 is 16.0 Å². The molecule has 1 amide bonds. The SMILES string of the molecule is CCCCC(=O)N(C)CCS(=O)(=O)[O-].[K+]. The molecule has 0 aliphatic carbocycles. The van der Waals surface area contributed by atoms with E-state index in [2.05, 4.69) is 0 Å². The van der Waals surface area contributed by atoms with Gasteiger partial charge in [0.15, 0.2) is 0 Å². The molecule has 15 heavy (non-hydrogen) atoms. The molecule has 0 spiro atoms. The van der Waals surface area contributed by atoms with E-state index in [-0.39, 0.29) is 63.8 Å². The summed E-state index contributed by atoms with van der Waals surface area (Å²) in [6.45, 7) is 1.95. The van der Waals surface area contributed by atoms with Gasteiger partial charge in [-0.15, -0.1) is 0 Å². The van der Waals surface area contributed by atoms with Gasteiger partial charge in [-0.3, -0.25) is 4.79 Å². The Balaban J connectivity index is 0. The number of rotatable bonds is 6. The number of carbonyl (C=O) groups excluding carboxylic acids is 1. The maximum absolute atomic E-state index is 11.2. The fourth-order valence-corrected chi connectivity index (χ4v) is 1.39. The van der Waals surface area contributed by atoms with Gasteiger partial charge in [0.1, 0.15) is 0 Å². The summed E-state index contributed by atoms with van der Waals surface area (Å²) in [6, 6.07) is 0. The van der Waals surface area contributed by atoms with Gasteiger partial charge in [-0.2, -0.15) is 0 Å². The van der Waals surface area contributed by atoms with Gasteiger partial charge in [0.05, 0.1) is 15.9 Å². The van der Waals surface area contributed by atoms with E-state index in [0.717, 1.165) is 12.8 Å². The molecule has 0 aromatic rings. The van der Waals surface area contributed by atoms with Crippen molar-refractivity contribution in [3.05, 3.63) is 0 Å². The van der Waals surface area contributed by atoms with Crippen LogP contribution >= 0.6 is 0 Å². The van der Waals surface area contributed by atoms with Gasteiger partial charge in [-0.25, -0.2) is 8.42 Å². The Bertz CT molecular complexity index is 278. The molecule has 0 aliphatic rings. The van der Waals surface area contributed by atoms with Crippen LogP contribution in [-0.2, 0) is 14.9 Å². The van der Waals surface area contributed by atoms with E-state index in [0.29, 0.717) is 6.42 Å². The smallest absolute Gasteiger partial charge is 0.748 e. The third-order valence-corrected chi connectivity index (χ3v) is 2.53. The molecule has 0 aromatic carbocycles. The van der Waals surface area contributed by atoms with E-state index in [1.54, 1.807) is 0 Å².